The quantitative estimate of drug-likeness (QED) is 0.460. The Balaban J connectivity index is 3.41. The molecular formula is C7H9F3O. The number of hydrogen-bond acceptors (Lipinski definition) is 1. The predicted octanol–water partition coefficient (Wildman–Crippen LogP) is 1.98. The topological polar surface area (TPSA) is 9.23 Å². The molecule has 0 unspecified atom stereocenters. The molecule has 0 aromatic heterocycles. The first-order valence-corrected chi connectivity index (χ1v) is 3.12. The van der Waals surface area contributed by atoms with E-state index >= 15 is 0 Å². The highest BCUT2D eigenvalue weighted by molar-refractivity contribution is 5.04. The molecule has 1 nitrogen and oxygen atoms in total. The molecule has 0 N–H and O–H groups in total. The maximum absolute atomic E-state index is 11.4. The van der Waals surface area contributed by atoms with Crippen LogP contribution in [0.3, 0.4) is 0 Å². The Bertz CT molecular complexity index is 151. The molecule has 0 aromatic rings. The second-order valence-corrected chi connectivity index (χ2v) is 1.90. The third-order valence-corrected chi connectivity index (χ3v) is 0.880. The van der Waals surface area contributed by atoms with Gasteiger partial charge in [0.25, 0.3) is 0 Å². The highest BCUT2D eigenvalue weighted by Gasteiger charge is 2.22. The molecule has 11 heavy (non-hydrogen) atoms. The molecule has 0 rings (SSSR count). The van der Waals surface area contributed by atoms with Crippen molar-refractivity contribution in [2.24, 2.45) is 0 Å². The molecule has 0 aliphatic rings. The third kappa shape index (κ3) is 9.31. The van der Waals surface area contributed by atoms with Gasteiger partial charge in [-0.15, -0.1) is 0 Å². The monoisotopic (exact) mass is 166 g/mol. The third-order valence-electron chi connectivity index (χ3n) is 0.880. The smallest absolute Gasteiger partial charge is 0.385 e. The van der Waals surface area contributed by atoms with E-state index in [0.29, 0.717) is 13.0 Å². The number of alkyl halides is 3. The summed E-state index contributed by atoms with van der Waals surface area (Å²) < 4.78 is 38.7. The van der Waals surface area contributed by atoms with Gasteiger partial charge >= 0.3 is 6.18 Å². The molecule has 64 valence electrons. The molecule has 0 aromatic carbocycles. The van der Waals surface area contributed by atoms with Gasteiger partial charge in [-0.05, 0) is 6.42 Å². The zero-order valence-electron chi connectivity index (χ0n) is 6.16. The van der Waals surface area contributed by atoms with E-state index in [1.54, 1.807) is 0 Å². The van der Waals surface area contributed by atoms with Crippen LogP contribution in [0.1, 0.15) is 12.8 Å². The number of halogens is 3. The fourth-order valence-electron chi connectivity index (χ4n) is 0.468. The molecule has 0 amide bonds. The molecule has 0 saturated carbocycles. The summed E-state index contributed by atoms with van der Waals surface area (Å²) in [5, 5.41) is 0. The van der Waals surface area contributed by atoms with Gasteiger partial charge in [0.15, 0.2) is 0 Å². The summed E-state index contributed by atoms with van der Waals surface area (Å²) in [4.78, 5) is 0. The first kappa shape index (κ1) is 10.3. The molecule has 0 heterocycles. The van der Waals surface area contributed by atoms with Crippen molar-refractivity contribution in [3.05, 3.63) is 0 Å². The van der Waals surface area contributed by atoms with Crippen LogP contribution in [0.5, 0.6) is 0 Å². The second-order valence-electron chi connectivity index (χ2n) is 1.90. The first-order chi connectivity index (χ1) is 5.06. The Morgan fingerprint density at radius 1 is 1.36 bits per heavy atom. The van der Waals surface area contributed by atoms with Gasteiger partial charge in [0.1, 0.15) is 0 Å². The van der Waals surface area contributed by atoms with Crippen molar-refractivity contribution in [1.29, 1.82) is 0 Å². The SMILES string of the molecule is COCCCC#CC(F)(F)F. The lowest BCUT2D eigenvalue weighted by atomic mass is 10.3. The molecular weight excluding hydrogens is 157 g/mol. The van der Waals surface area contributed by atoms with E-state index in [0.717, 1.165) is 0 Å². The second kappa shape index (κ2) is 5.03. The Labute approximate surface area is 63.5 Å². The molecule has 0 bridgehead atoms. The van der Waals surface area contributed by atoms with E-state index in [4.69, 9.17) is 0 Å². The summed E-state index contributed by atoms with van der Waals surface area (Å²) in [6, 6.07) is 0. The summed E-state index contributed by atoms with van der Waals surface area (Å²) in [5.74, 6) is 3.18. The first-order valence-electron chi connectivity index (χ1n) is 3.12. The highest BCUT2D eigenvalue weighted by atomic mass is 19.4. The van der Waals surface area contributed by atoms with E-state index in [-0.39, 0.29) is 6.42 Å². The summed E-state index contributed by atoms with van der Waals surface area (Å²) in [5.41, 5.74) is 0. The van der Waals surface area contributed by atoms with Crippen LogP contribution < -0.4 is 0 Å². The summed E-state index contributed by atoms with van der Waals surface area (Å²) in [6.45, 7) is 0.451. The fraction of sp³-hybridized carbons (Fsp3) is 0.714. The van der Waals surface area contributed by atoms with Crippen molar-refractivity contribution in [1.82, 2.24) is 0 Å². The fourth-order valence-corrected chi connectivity index (χ4v) is 0.468. The molecule has 0 spiro atoms. The normalized spacial score (nSPS) is 10.5. The lowest BCUT2D eigenvalue weighted by Crippen LogP contribution is -2.01. The van der Waals surface area contributed by atoms with Gasteiger partial charge in [0.2, 0.25) is 0 Å². The van der Waals surface area contributed by atoms with Gasteiger partial charge in [-0.3, -0.25) is 0 Å². The van der Waals surface area contributed by atoms with Crippen molar-refractivity contribution in [3.8, 4) is 11.8 Å². The van der Waals surface area contributed by atoms with Gasteiger partial charge in [-0.1, -0.05) is 5.92 Å². The number of rotatable bonds is 3. The molecule has 0 saturated heterocycles. The Kier molecular flexibility index (Phi) is 4.71. The van der Waals surface area contributed by atoms with E-state index < -0.39 is 6.18 Å². The maximum atomic E-state index is 11.4. The van der Waals surface area contributed by atoms with Gasteiger partial charge in [-0.25, -0.2) is 0 Å². The van der Waals surface area contributed by atoms with Crippen LogP contribution in [0.2, 0.25) is 0 Å². The lowest BCUT2D eigenvalue weighted by Gasteiger charge is -1.93. The highest BCUT2D eigenvalue weighted by Crippen LogP contribution is 2.11. The summed E-state index contributed by atoms with van der Waals surface area (Å²) in [7, 11) is 1.50. The van der Waals surface area contributed by atoms with Crippen LogP contribution in [-0.4, -0.2) is 19.9 Å². The lowest BCUT2D eigenvalue weighted by molar-refractivity contribution is -0.0697. The van der Waals surface area contributed by atoms with Crippen LogP contribution in [0, 0.1) is 11.8 Å². The van der Waals surface area contributed by atoms with Gasteiger partial charge in [0, 0.05) is 26.1 Å². The van der Waals surface area contributed by atoms with Crippen molar-refractivity contribution in [2.45, 2.75) is 19.0 Å². The average Bonchev–Trinajstić information content (AvgIpc) is 1.85. The minimum Gasteiger partial charge on any atom is -0.385 e. The Hall–Kier alpha value is -0.690. The van der Waals surface area contributed by atoms with Crippen molar-refractivity contribution in [2.75, 3.05) is 13.7 Å². The molecule has 0 radical (unpaired) electrons. The van der Waals surface area contributed by atoms with Crippen molar-refractivity contribution < 1.29 is 17.9 Å². The van der Waals surface area contributed by atoms with Gasteiger partial charge in [-0.2, -0.15) is 13.2 Å². The van der Waals surface area contributed by atoms with Crippen LogP contribution in [0.4, 0.5) is 13.2 Å². The summed E-state index contributed by atoms with van der Waals surface area (Å²) in [6.07, 6.45) is -3.58. The maximum Gasteiger partial charge on any atom is 0.457 e. The van der Waals surface area contributed by atoms with E-state index in [1.165, 1.54) is 13.0 Å². The zero-order chi connectivity index (χ0) is 8.74. The summed E-state index contributed by atoms with van der Waals surface area (Å²) >= 11 is 0. The molecule has 0 fully saturated rings. The number of unbranched alkanes of at least 4 members (excludes halogenated alkanes) is 1. The van der Waals surface area contributed by atoms with E-state index in [1.807, 2.05) is 5.92 Å². The standard InChI is InChI=1S/C7H9F3O/c1-11-6-4-2-3-5-7(8,9)10/h2,4,6H2,1H3. The van der Waals surface area contributed by atoms with Crippen LogP contribution in [0.25, 0.3) is 0 Å². The predicted molar refractivity (Wildman–Crippen MR) is 34.9 cm³/mol. The van der Waals surface area contributed by atoms with Crippen LogP contribution in [0.15, 0.2) is 0 Å². The molecule has 0 aliphatic heterocycles. The van der Waals surface area contributed by atoms with Crippen molar-refractivity contribution in [3.63, 3.8) is 0 Å². The molecule has 0 aliphatic carbocycles. The zero-order valence-corrected chi connectivity index (χ0v) is 6.16. The Morgan fingerprint density at radius 3 is 2.45 bits per heavy atom. The number of hydrogen-bond donors (Lipinski definition) is 0. The van der Waals surface area contributed by atoms with Crippen LogP contribution >= 0.6 is 0 Å². The minimum absolute atomic E-state index is 0.230. The number of methoxy groups -OCH3 is 1. The van der Waals surface area contributed by atoms with Crippen LogP contribution in [-0.2, 0) is 4.74 Å². The average molecular weight is 166 g/mol. The van der Waals surface area contributed by atoms with Gasteiger partial charge < -0.3 is 4.74 Å². The molecule has 4 heteroatoms. The van der Waals surface area contributed by atoms with Crippen molar-refractivity contribution >= 4 is 0 Å². The minimum atomic E-state index is -4.35. The number of ether oxygens (including phenoxy) is 1. The van der Waals surface area contributed by atoms with Gasteiger partial charge in [0.05, 0.1) is 0 Å². The van der Waals surface area contributed by atoms with E-state index in [2.05, 4.69) is 4.74 Å². The molecule has 0 atom stereocenters. The largest absolute Gasteiger partial charge is 0.457 e. The Morgan fingerprint density at radius 2 is 2.00 bits per heavy atom. The van der Waals surface area contributed by atoms with E-state index in [9.17, 15) is 13.2 Å².